The van der Waals surface area contributed by atoms with Gasteiger partial charge in [0, 0.05) is 30.4 Å². The lowest BCUT2D eigenvalue weighted by Gasteiger charge is -2.34. The molecule has 134 valence electrons. The molecule has 1 unspecified atom stereocenters. The summed E-state index contributed by atoms with van der Waals surface area (Å²) >= 11 is 0. The molecule has 1 aliphatic rings. The summed E-state index contributed by atoms with van der Waals surface area (Å²) in [6, 6.07) is 11.8. The molecule has 0 radical (unpaired) electrons. The Balaban J connectivity index is 1.66. The van der Waals surface area contributed by atoms with Crippen molar-refractivity contribution in [2.45, 2.75) is 24.6 Å². The number of rotatable bonds is 5. The largest absolute Gasteiger partial charge is 0.370 e. The third-order valence-corrected chi connectivity index (χ3v) is 5.63. The van der Waals surface area contributed by atoms with Gasteiger partial charge < -0.3 is 4.90 Å². The average Bonchev–Trinajstić information content (AvgIpc) is 2.57. The van der Waals surface area contributed by atoms with E-state index in [0.29, 0.717) is 13.0 Å². The highest BCUT2D eigenvalue weighted by atomic mass is 32.2. The lowest BCUT2D eigenvalue weighted by molar-refractivity contribution is 0.465. The number of halogens is 2. The molecule has 3 rings (SSSR count). The number of nitrogens with one attached hydrogen (secondary N) is 1. The lowest BCUT2D eigenvalue weighted by atomic mass is 10.1. The van der Waals surface area contributed by atoms with Crippen molar-refractivity contribution >= 4 is 15.7 Å². The molecule has 0 amide bonds. The summed E-state index contributed by atoms with van der Waals surface area (Å²) in [5.74, 6) is -1.24. The minimum atomic E-state index is -3.66. The zero-order chi connectivity index (χ0) is 17.9. The fraction of sp³-hybridized carbons (Fsp3) is 0.333. The second-order valence-electron chi connectivity index (χ2n) is 6.23. The number of hydrogen-bond donors (Lipinski definition) is 1. The summed E-state index contributed by atoms with van der Waals surface area (Å²) in [7, 11) is -3.66. The number of nitrogens with zero attached hydrogens (tertiary/aromatic N) is 1. The fourth-order valence-corrected chi connectivity index (χ4v) is 4.52. The Morgan fingerprint density at radius 1 is 1.12 bits per heavy atom. The lowest BCUT2D eigenvalue weighted by Crippen LogP contribution is -2.48. The van der Waals surface area contributed by atoms with Crippen LogP contribution in [0.5, 0.6) is 0 Å². The molecule has 1 atom stereocenters. The van der Waals surface area contributed by atoms with Gasteiger partial charge in [-0.15, -0.1) is 0 Å². The molecule has 1 fully saturated rings. The first kappa shape index (κ1) is 17.8. The standard InChI is InChI=1S/C18H20F2N2O2S/c19-15-6-3-8-17(11-15)22-10-4-7-16(12-22)21-25(23,24)13-14-5-1-2-9-18(14)20/h1-3,5-6,8-9,11,16,21H,4,7,10,12-13H2. The number of sulfonamides is 1. The smallest absolute Gasteiger partial charge is 0.216 e. The molecule has 0 aliphatic carbocycles. The quantitative estimate of drug-likeness (QED) is 0.885. The van der Waals surface area contributed by atoms with E-state index in [-0.39, 0.29) is 17.4 Å². The SMILES string of the molecule is O=S(=O)(Cc1ccccc1F)NC1CCCN(c2cccc(F)c2)C1. The molecule has 2 aromatic carbocycles. The number of hydrogen-bond acceptors (Lipinski definition) is 3. The molecule has 7 heteroatoms. The minimum absolute atomic E-state index is 0.146. The van der Waals surface area contributed by atoms with Crippen molar-refractivity contribution in [2.24, 2.45) is 0 Å². The van der Waals surface area contributed by atoms with Crippen molar-refractivity contribution < 1.29 is 17.2 Å². The van der Waals surface area contributed by atoms with Crippen LogP contribution in [0.2, 0.25) is 0 Å². The Morgan fingerprint density at radius 3 is 2.68 bits per heavy atom. The first-order valence-electron chi connectivity index (χ1n) is 8.17. The molecule has 0 saturated carbocycles. The van der Waals surface area contributed by atoms with E-state index >= 15 is 0 Å². The Kier molecular flexibility index (Phi) is 5.34. The molecule has 4 nitrogen and oxygen atoms in total. The molecule has 1 saturated heterocycles. The van der Waals surface area contributed by atoms with Gasteiger partial charge in [-0.3, -0.25) is 0 Å². The van der Waals surface area contributed by atoms with Crippen LogP contribution in [0, 0.1) is 11.6 Å². The van der Waals surface area contributed by atoms with Crippen LogP contribution in [0.3, 0.4) is 0 Å². The van der Waals surface area contributed by atoms with Crippen LogP contribution < -0.4 is 9.62 Å². The van der Waals surface area contributed by atoms with Crippen LogP contribution >= 0.6 is 0 Å². The van der Waals surface area contributed by atoms with E-state index < -0.39 is 21.6 Å². The maximum atomic E-state index is 13.7. The van der Waals surface area contributed by atoms with E-state index in [9.17, 15) is 17.2 Å². The van der Waals surface area contributed by atoms with Gasteiger partial charge in [-0.1, -0.05) is 24.3 Å². The van der Waals surface area contributed by atoms with E-state index in [2.05, 4.69) is 4.72 Å². The van der Waals surface area contributed by atoms with Gasteiger partial charge in [0.15, 0.2) is 0 Å². The van der Waals surface area contributed by atoms with Gasteiger partial charge in [-0.25, -0.2) is 21.9 Å². The van der Waals surface area contributed by atoms with Gasteiger partial charge in [0.25, 0.3) is 0 Å². The summed E-state index contributed by atoms with van der Waals surface area (Å²) in [5.41, 5.74) is 0.880. The van der Waals surface area contributed by atoms with Gasteiger partial charge in [0.05, 0.1) is 5.75 Å². The van der Waals surface area contributed by atoms with Crippen LogP contribution in [0.4, 0.5) is 14.5 Å². The molecular weight excluding hydrogens is 346 g/mol. The van der Waals surface area contributed by atoms with Crippen LogP contribution in [0.1, 0.15) is 18.4 Å². The van der Waals surface area contributed by atoms with Crippen molar-refractivity contribution in [1.29, 1.82) is 0 Å². The Morgan fingerprint density at radius 2 is 1.92 bits per heavy atom. The average molecular weight is 366 g/mol. The zero-order valence-electron chi connectivity index (χ0n) is 13.7. The summed E-state index contributed by atoms with van der Waals surface area (Å²) in [5, 5.41) is 0. The van der Waals surface area contributed by atoms with E-state index in [1.54, 1.807) is 18.2 Å². The van der Waals surface area contributed by atoms with E-state index in [1.807, 2.05) is 4.90 Å². The Bertz CT molecular complexity index is 842. The number of piperidine rings is 1. The topological polar surface area (TPSA) is 49.4 Å². The number of anilines is 1. The summed E-state index contributed by atoms with van der Waals surface area (Å²) in [6.45, 7) is 1.20. The second kappa shape index (κ2) is 7.49. The molecule has 1 N–H and O–H groups in total. The van der Waals surface area contributed by atoms with E-state index in [1.165, 1.54) is 30.3 Å². The second-order valence-corrected chi connectivity index (χ2v) is 7.99. The maximum Gasteiger partial charge on any atom is 0.216 e. The minimum Gasteiger partial charge on any atom is -0.370 e. The normalized spacial score (nSPS) is 18.3. The predicted molar refractivity (Wildman–Crippen MR) is 93.8 cm³/mol. The van der Waals surface area contributed by atoms with Gasteiger partial charge in [-0.2, -0.15) is 0 Å². The summed E-state index contributed by atoms with van der Waals surface area (Å²) < 4.78 is 54.5. The van der Waals surface area contributed by atoms with Crippen LogP contribution in [-0.2, 0) is 15.8 Å². The molecule has 0 aromatic heterocycles. The summed E-state index contributed by atoms with van der Waals surface area (Å²) in [6.07, 6.45) is 1.49. The van der Waals surface area contributed by atoms with Crippen LogP contribution in [0.15, 0.2) is 48.5 Å². The zero-order valence-corrected chi connectivity index (χ0v) is 14.5. The molecule has 0 spiro atoms. The highest BCUT2D eigenvalue weighted by Gasteiger charge is 2.25. The van der Waals surface area contributed by atoms with Gasteiger partial charge in [0.1, 0.15) is 11.6 Å². The van der Waals surface area contributed by atoms with Crippen molar-refractivity contribution in [1.82, 2.24) is 4.72 Å². The highest BCUT2D eigenvalue weighted by molar-refractivity contribution is 7.88. The Hall–Kier alpha value is -1.99. The van der Waals surface area contributed by atoms with Crippen molar-refractivity contribution in [2.75, 3.05) is 18.0 Å². The highest BCUT2D eigenvalue weighted by Crippen LogP contribution is 2.21. The van der Waals surface area contributed by atoms with Crippen molar-refractivity contribution in [3.8, 4) is 0 Å². The van der Waals surface area contributed by atoms with Crippen LogP contribution in [-0.4, -0.2) is 27.5 Å². The third kappa shape index (κ3) is 4.76. The molecule has 1 aliphatic heterocycles. The Labute approximate surface area is 146 Å². The molecule has 2 aromatic rings. The molecule has 1 heterocycles. The van der Waals surface area contributed by atoms with Crippen molar-refractivity contribution in [3.63, 3.8) is 0 Å². The monoisotopic (exact) mass is 366 g/mol. The number of benzene rings is 2. The molecule has 0 bridgehead atoms. The predicted octanol–water partition coefficient (Wildman–Crippen LogP) is 3.05. The third-order valence-electron chi connectivity index (χ3n) is 4.24. The van der Waals surface area contributed by atoms with Gasteiger partial charge in [0.2, 0.25) is 10.0 Å². The van der Waals surface area contributed by atoms with Crippen LogP contribution in [0.25, 0.3) is 0 Å². The molecular formula is C18H20F2N2O2S. The maximum absolute atomic E-state index is 13.7. The van der Waals surface area contributed by atoms with E-state index in [0.717, 1.165) is 18.7 Å². The first-order chi connectivity index (χ1) is 11.9. The molecule has 25 heavy (non-hydrogen) atoms. The fourth-order valence-electron chi connectivity index (χ4n) is 3.10. The van der Waals surface area contributed by atoms with Crippen molar-refractivity contribution in [3.05, 3.63) is 65.7 Å². The van der Waals surface area contributed by atoms with E-state index in [4.69, 9.17) is 0 Å². The van der Waals surface area contributed by atoms with Gasteiger partial charge in [-0.05, 0) is 37.1 Å². The van der Waals surface area contributed by atoms with Gasteiger partial charge >= 0.3 is 0 Å². The first-order valence-corrected chi connectivity index (χ1v) is 9.82. The summed E-state index contributed by atoms with van der Waals surface area (Å²) in [4.78, 5) is 1.96.